The lowest BCUT2D eigenvalue weighted by Crippen LogP contribution is -2.28. The number of hydrogen-bond acceptors (Lipinski definition) is 7. The van der Waals surface area contributed by atoms with Gasteiger partial charge in [-0.1, -0.05) is 72.8 Å². The normalized spacial score (nSPS) is 10.8. The van der Waals surface area contributed by atoms with Gasteiger partial charge in [0.05, 0.1) is 11.9 Å². The minimum Gasteiger partial charge on any atom is -0.456 e. The summed E-state index contributed by atoms with van der Waals surface area (Å²) in [6.45, 7) is 3.74. The van der Waals surface area contributed by atoms with Crippen molar-refractivity contribution in [1.82, 2.24) is 19.7 Å². The van der Waals surface area contributed by atoms with Crippen LogP contribution in [0.2, 0.25) is 0 Å². The lowest BCUT2D eigenvalue weighted by molar-refractivity contribution is 0.101. The summed E-state index contributed by atoms with van der Waals surface area (Å²) >= 11 is 0. The van der Waals surface area contributed by atoms with Gasteiger partial charge >= 0.3 is 0 Å². The van der Waals surface area contributed by atoms with Gasteiger partial charge in [0.2, 0.25) is 5.43 Å². The van der Waals surface area contributed by atoms with E-state index in [1.807, 2.05) is 74.5 Å². The molecular formula is C37H29FN6O3. The summed E-state index contributed by atoms with van der Waals surface area (Å²) in [5.74, 6) is 0.412. The molecule has 6 rings (SSSR count). The van der Waals surface area contributed by atoms with Gasteiger partial charge in [0.25, 0.3) is 5.91 Å². The minimum absolute atomic E-state index is 0.140. The number of benzene rings is 3. The van der Waals surface area contributed by atoms with Crippen LogP contribution < -0.4 is 15.5 Å². The highest BCUT2D eigenvalue weighted by atomic mass is 19.1. The van der Waals surface area contributed by atoms with Gasteiger partial charge in [-0.3, -0.25) is 14.3 Å². The maximum atomic E-state index is 13.5. The molecule has 0 atom stereocenters. The Morgan fingerprint density at radius 1 is 0.851 bits per heavy atom. The Hall–Kier alpha value is -6.29. The summed E-state index contributed by atoms with van der Waals surface area (Å²) in [6.07, 6.45) is 4.62. The molecule has 10 heteroatoms. The van der Waals surface area contributed by atoms with Crippen LogP contribution in [-0.4, -0.2) is 31.4 Å². The number of pyridine rings is 2. The van der Waals surface area contributed by atoms with Crippen LogP contribution in [0, 0.1) is 5.82 Å². The monoisotopic (exact) mass is 624 g/mol. The third kappa shape index (κ3) is 7.34. The third-order valence-electron chi connectivity index (χ3n) is 7.09. The van der Waals surface area contributed by atoms with Crippen molar-refractivity contribution in [1.29, 1.82) is 0 Å². The van der Waals surface area contributed by atoms with Gasteiger partial charge in [0, 0.05) is 41.2 Å². The topological polar surface area (TPSA) is 111 Å². The molecule has 3 heterocycles. The van der Waals surface area contributed by atoms with Crippen LogP contribution in [0.25, 0.3) is 11.1 Å². The molecule has 3 aromatic carbocycles. The zero-order chi connectivity index (χ0) is 32.8. The molecule has 0 bridgehead atoms. The average molecular weight is 625 g/mol. The predicted octanol–water partition coefficient (Wildman–Crippen LogP) is 7.63. The molecule has 6 aromatic rings. The number of amides is 1. The fraction of sp³-hybridized carbons (Fsp3) is 0.0811. The first-order valence-corrected chi connectivity index (χ1v) is 14.8. The van der Waals surface area contributed by atoms with Crippen molar-refractivity contribution >= 4 is 23.3 Å². The Kier molecular flexibility index (Phi) is 9.01. The van der Waals surface area contributed by atoms with Gasteiger partial charge in [-0.25, -0.2) is 19.4 Å². The van der Waals surface area contributed by atoms with Crippen LogP contribution in [0.3, 0.4) is 0 Å². The maximum absolute atomic E-state index is 13.5. The van der Waals surface area contributed by atoms with Gasteiger partial charge in [0.1, 0.15) is 23.1 Å². The van der Waals surface area contributed by atoms with Crippen LogP contribution in [0.5, 0.6) is 11.5 Å². The van der Waals surface area contributed by atoms with Crippen molar-refractivity contribution < 1.29 is 13.9 Å². The first-order chi connectivity index (χ1) is 22.8. The molecule has 3 aromatic heterocycles. The first-order valence-electron chi connectivity index (χ1n) is 14.8. The molecule has 1 amide bonds. The number of anilines is 1. The molecule has 0 unspecified atom stereocenters. The van der Waals surface area contributed by atoms with Gasteiger partial charge in [-0.05, 0) is 49.7 Å². The van der Waals surface area contributed by atoms with Gasteiger partial charge in [-0.15, -0.1) is 0 Å². The zero-order valence-electron chi connectivity index (χ0n) is 25.5. The van der Waals surface area contributed by atoms with Crippen molar-refractivity contribution in [3.8, 4) is 22.6 Å². The molecule has 232 valence electrons. The molecule has 0 saturated heterocycles. The molecule has 47 heavy (non-hydrogen) atoms. The highest BCUT2D eigenvalue weighted by Gasteiger charge is 2.20. The second-order valence-corrected chi connectivity index (χ2v) is 10.8. The Morgan fingerprint density at radius 2 is 1.53 bits per heavy atom. The van der Waals surface area contributed by atoms with Crippen LogP contribution in [0.1, 0.15) is 41.5 Å². The molecule has 0 aliphatic carbocycles. The summed E-state index contributed by atoms with van der Waals surface area (Å²) < 4.78 is 21.0. The standard InChI is InChI=1S/C37H29FN6O3/c1-24(2)44-23-31(25-13-15-28(38)16-14-25)36(45)35(43-44)37(46)42-32-18-17-30(22-40-32)47-29-19-20-39-33(21-29)41-34(26-9-5-3-6-10-26)27-11-7-4-8-12-27/h3-24H,1-2H3,(H,40,42,46). The fourth-order valence-corrected chi connectivity index (χ4v) is 4.71. The number of carbonyl (C=O) groups excluding carboxylic acids is 1. The van der Waals surface area contributed by atoms with Crippen LogP contribution >= 0.6 is 0 Å². The fourth-order valence-electron chi connectivity index (χ4n) is 4.71. The van der Waals surface area contributed by atoms with Gasteiger partial charge in [-0.2, -0.15) is 5.10 Å². The van der Waals surface area contributed by atoms with E-state index in [1.54, 1.807) is 36.7 Å². The lowest BCUT2D eigenvalue weighted by Gasteiger charge is -2.14. The molecule has 0 aliphatic rings. The van der Waals surface area contributed by atoms with Crippen LogP contribution in [0.4, 0.5) is 16.0 Å². The van der Waals surface area contributed by atoms with Crippen molar-refractivity contribution in [2.75, 3.05) is 5.32 Å². The Bertz CT molecular complexity index is 2060. The summed E-state index contributed by atoms with van der Waals surface area (Å²) in [4.78, 5) is 40.1. The Morgan fingerprint density at radius 3 is 2.15 bits per heavy atom. The third-order valence-corrected chi connectivity index (χ3v) is 7.09. The van der Waals surface area contributed by atoms with Gasteiger partial charge < -0.3 is 10.1 Å². The molecule has 0 aliphatic heterocycles. The highest BCUT2D eigenvalue weighted by molar-refractivity contribution is 6.13. The van der Waals surface area contributed by atoms with E-state index in [9.17, 15) is 14.0 Å². The highest BCUT2D eigenvalue weighted by Crippen LogP contribution is 2.26. The Balaban J connectivity index is 1.20. The lowest BCUT2D eigenvalue weighted by atomic mass is 10.0. The molecule has 0 radical (unpaired) electrons. The average Bonchev–Trinajstić information content (AvgIpc) is 3.09. The van der Waals surface area contributed by atoms with E-state index in [4.69, 9.17) is 9.73 Å². The van der Waals surface area contributed by atoms with Gasteiger partial charge in [0.15, 0.2) is 11.5 Å². The zero-order valence-corrected chi connectivity index (χ0v) is 25.5. The van der Waals surface area contributed by atoms with E-state index in [0.717, 1.165) is 16.8 Å². The number of aliphatic imine (C=N–C) groups is 1. The number of ether oxygens (including phenoxy) is 1. The maximum Gasteiger partial charge on any atom is 0.281 e. The summed E-state index contributed by atoms with van der Waals surface area (Å²) in [6, 6.07) is 31.7. The van der Waals surface area contributed by atoms with E-state index in [2.05, 4.69) is 20.4 Å². The number of hydrogen-bond donors (Lipinski definition) is 1. The number of nitrogens with one attached hydrogen (secondary N) is 1. The van der Waals surface area contributed by atoms with Crippen molar-refractivity contribution in [2.45, 2.75) is 19.9 Å². The quantitative estimate of drug-likeness (QED) is 0.166. The Labute approximate surface area is 270 Å². The van der Waals surface area contributed by atoms with E-state index in [0.29, 0.717) is 22.9 Å². The summed E-state index contributed by atoms with van der Waals surface area (Å²) in [7, 11) is 0. The van der Waals surface area contributed by atoms with E-state index >= 15 is 0 Å². The minimum atomic E-state index is -0.723. The summed E-state index contributed by atoms with van der Waals surface area (Å²) in [5.41, 5.74) is 2.50. The summed E-state index contributed by atoms with van der Waals surface area (Å²) in [5, 5.41) is 6.90. The molecule has 0 saturated carbocycles. The van der Waals surface area contributed by atoms with E-state index in [1.165, 1.54) is 35.1 Å². The second kappa shape index (κ2) is 13.8. The number of aromatic nitrogens is 4. The first kappa shape index (κ1) is 30.7. The molecule has 0 spiro atoms. The van der Waals surface area contributed by atoms with Crippen LogP contribution in [-0.2, 0) is 0 Å². The van der Waals surface area contributed by atoms with Crippen LogP contribution in [0.15, 0.2) is 138 Å². The predicted molar refractivity (Wildman–Crippen MR) is 179 cm³/mol. The SMILES string of the molecule is CC(C)n1cc(-c2ccc(F)cc2)c(=O)c(C(=O)Nc2ccc(Oc3ccnc(N=C(c4ccccc4)c4ccccc4)c3)cn2)n1. The molecular weight excluding hydrogens is 595 g/mol. The molecule has 9 nitrogen and oxygen atoms in total. The number of rotatable bonds is 9. The molecule has 1 N–H and O–H groups in total. The van der Waals surface area contributed by atoms with Crippen molar-refractivity contribution in [2.24, 2.45) is 4.99 Å². The van der Waals surface area contributed by atoms with E-state index in [-0.39, 0.29) is 23.1 Å². The largest absolute Gasteiger partial charge is 0.456 e. The second-order valence-electron chi connectivity index (χ2n) is 10.8. The smallest absolute Gasteiger partial charge is 0.281 e. The number of carbonyl (C=O) groups is 1. The van der Waals surface area contributed by atoms with Crippen molar-refractivity contribution in [3.63, 3.8) is 0 Å². The van der Waals surface area contributed by atoms with E-state index < -0.39 is 17.2 Å². The number of halogens is 1. The molecule has 0 fully saturated rings. The number of nitrogens with zero attached hydrogens (tertiary/aromatic N) is 5. The van der Waals surface area contributed by atoms with Crippen molar-refractivity contribution in [3.05, 3.63) is 161 Å².